The number of nitrogens with one attached hydrogen (secondary N) is 1. The molecule has 21 heavy (non-hydrogen) atoms. The van der Waals surface area contributed by atoms with E-state index < -0.39 is 0 Å². The Morgan fingerprint density at radius 1 is 1.05 bits per heavy atom. The monoisotopic (exact) mass is 283 g/mol. The van der Waals surface area contributed by atoms with E-state index in [1.165, 1.54) is 14.0 Å². The molecular weight excluding hydrogens is 266 g/mol. The van der Waals surface area contributed by atoms with Gasteiger partial charge in [-0.15, -0.1) is 0 Å². The summed E-state index contributed by atoms with van der Waals surface area (Å²) in [6.45, 7) is 3.37. The number of ketones is 1. The van der Waals surface area contributed by atoms with E-state index in [0.29, 0.717) is 22.6 Å². The molecule has 0 radical (unpaired) electrons. The lowest BCUT2D eigenvalue weighted by Crippen LogP contribution is -2.15. The highest BCUT2D eigenvalue weighted by Crippen LogP contribution is 2.22. The zero-order chi connectivity index (χ0) is 15.4. The summed E-state index contributed by atoms with van der Waals surface area (Å²) >= 11 is 0. The number of methoxy groups -OCH3 is 1. The minimum Gasteiger partial charge on any atom is -0.496 e. The second kappa shape index (κ2) is 6.22. The van der Waals surface area contributed by atoms with Gasteiger partial charge in [-0.1, -0.05) is 23.8 Å². The van der Waals surface area contributed by atoms with Crippen molar-refractivity contribution in [2.45, 2.75) is 13.8 Å². The van der Waals surface area contributed by atoms with E-state index in [1.54, 1.807) is 36.4 Å². The first kappa shape index (κ1) is 14.8. The number of Topliss-reactive ketones (excluding diaryl/α,β-unsaturated/α-hetero) is 1. The maximum atomic E-state index is 12.4. The van der Waals surface area contributed by atoms with Crippen LogP contribution < -0.4 is 10.1 Å². The summed E-state index contributed by atoms with van der Waals surface area (Å²) in [5, 5.41) is 2.77. The number of rotatable bonds is 4. The number of amides is 1. The highest BCUT2D eigenvalue weighted by molar-refractivity contribution is 6.10. The van der Waals surface area contributed by atoms with E-state index in [9.17, 15) is 9.59 Å². The van der Waals surface area contributed by atoms with Crippen molar-refractivity contribution in [3.63, 3.8) is 0 Å². The van der Waals surface area contributed by atoms with Crippen LogP contribution in [-0.2, 0) is 0 Å². The molecule has 0 spiro atoms. The Balaban J connectivity index is 2.35. The van der Waals surface area contributed by atoms with Gasteiger partial charge in [-0.05, 0) is 38.1 Å². The number of aryl methyl sites for hydroxylation is 1. The van der Waals surface area contributed by atoms with Crippen molar-refractivity contribution >= 4 is 17.4 Å². The summed E-state index contributed by atoms with van der Waals surface area (Å²) < 4.78 is 5.21. The summed E-state index contributed by atoms with van der Waals surface area (Å²) in [7, 11) is 1.52. The van der Waals surface area contributed by atoms with Crippen molar-refractivity contribution in [3.05, 3.63) is 59.2 Å². The van der Waals surface area contributed by atoms with Crippen molar-refractivity contribution < 1.29 is 14.3 Å². The van der Waals surface area contributed by atoms with Gasteiger partial charge in [0, 0.05) is 5.56 Å². The van der Waals surface area contributed by atoms with Gasteiger partial charge in [0.25, 0.3) is 5.91 Å². The van der Waals surface area contributed by atoms with Crippen molar-refractivity contribution in [1.29, 1.82) is 0 Å². The summed E-state index contributed by atoms with van der Waals surface area (Å²) in [6.07, 6.45) is 0. The van der Waals surface area contributed by atoms with Crippen LogP contribution in [0.15, 0.2) is 42.5 Å². The van der Waals surface area contributed by atoms with Gasteiger partial charge >= 0.3 is 0 Å². The second-order valence-electron chi connectivity index (χ2n) is 4.76. The first-order chi connectivity index (χ1) is 10.0. The van der Waals surface area contributed by atoms with E-state index in [0.717, 1.165) is 5.56 Å². The van der Waals surface area contributed by atoms with E-state index >= 15 is 0 Å². The van der Waals surface area contributed by atoms with Crippen molar-refractivity contribution in [1.82, 2.24) is 0 Å². The second-order valence-corrected chi connectivity index (χ2v) is 4.76. The SMILES string of the molecule is COc1ccc(C)cc1C(=O)Nc1ccccc1C(C)=O. The van der Waals surface area contributed by atoms with Gasteiger partial charge in [0.1, 0.15) is 5.75 Å². The molecule has 2 rings (SSSR count). The number of benzene rings is 2. The Labute approximate surface area is 123 Å². The maximum Gasteiger partial charge on any atom is 0.259 e. The number of hydrogen-bond donors (Lipinski definition) is 1. The molecule has 4 heteroatoms. The molecule has 0 heterocycles. The lowest BCUT2D eigenvalue weighted by Gasteiger charge is -2.12. The zero-order valence-electron chi connectivity index (χ0n) is 12.3. The van der Waals surface area contributed by atoms with E-state index in [2.05, 4.69) is 5.32 Å². The molecular formula is C17H17NO3. The third-order valence-electron chi connectivity index (χ3n) is 3.15. The zero-order valence-corrected chi connectivity index (χ0v) is 12.3. The fourth-order valence-corrected chi connectivity index (χ4v) is 2.09. The molecule has 2 aromatic rings. The molecule has 0 bridgehead atoms. The highest BCUT2D eigenvalue weighted by atomic mass is 16.5. The van der Waals surface area contributed by atoms with E-state index in [-0.39, 0.29) is 11.7 Å². The third kappa shape index (κ3) is 3.28. The largest absolute Gasteiger partial charge is 0.496 e. The molecule has 4 nitrogen and oxygen atoms in total. The molecule has 108 valence electrons. The Morgan fingerprint density at radius 2 is 1.76 bits per heavy atom. The van der Waals surface area contributed by atoms with Gasteiger partial charge < -0.3 is 10.1 Å². The summed E-state index contributed by atoms with van der Waals surface area (Å²) in [5.41, 5.74) is 2.38. The molecule has 0 aliphatic carbocycles. The van der Waals surface area contributed by atoms with E-state index in [1.807, 2.05) is 13.0 Å². The number of carbonyl (C=O) groups excluding carboxylic acids is 2. The molecule has 0 atom stereocenters. The predicted molar refractivity (Wildman–Crippen MR) is 82.1 cm³/mol. The topological polar surface area (TPSA) is 55.4 Å². The smallest absolute Gasteiger partial charge is 0.259 e. The Kier molecular flexibility index (Phi) is 4.38. The van der Waals surface area contributed by atoms with Gasteiger partial charge in [0.05, 0.1) is 18.4 Å². The van der Waals surface area contributed by atoms with Crippen LogP contribution in [0.3, 0.4) is 0 Å². The maximum absolute atomic E-state index is 12.4. The normalized spacial score (nSPS) is 10.0. The fourth-order valence-electron chi connectivity index (χ4n) is 2.09. The lowest BCUT2D eigenvalue weighted by molar-refractivity contribution is 0.101. The van der Waals surface area contributed by atoms with Gasteiger partial charge in [-0.2, -0.15) is 0 Å². The van der Waals surface area contributed by atoms with Crippen LogP contribution in [0.1, 0.15) is 33.2 Å². The molecule has 1 amide bonds. The standard InChI is InChI=1S/C17H17NO3/c1-11-8-9-16(21-3)14(10-11)17(20)18-15-7-5-4-6-13(15)12(2)19/h4-10H,1-3H3,(H,18,20). The van der Waals surface area contributed by atoms with Crippen LogP contribution in [0.4, 0.5) is 5.69 Å². The van der Waals surface area contributed by atoms with Crippen molar-refractivity contribution in [2.24, 2.45) is 0 Å². The van der Waals surface area contributed by atoms with Gasteiger partial charge in [-0.3, -0.25) is 9.59 Å². The predicted octanol–water partition coefficient (Wildman–Crippen LogP) is 3.46. The quantitative estimate of drug-likeness (QED) is 0.874. The summed E-state index contributed by atoms with van der Waals surface area (Å²) in [4.78, 5) is 24.0. The van der Waals surface area contributed by atoms with Gasteiger partial charge in [0.2, 0.25) is 0 Å². The fraction of sp³-hybridized carbons (Fsp3) is 0.176. The number of carbonyl (C=O) groups is 2. The summed E-state index contributed by atoms with van der Waals surface area (Å²) in [6, 6.07) is 12.3. The number of ether oxygens (including phenoxy) is 1. The highest BCUT2D eigenvalue weighted by Gasteiger charge is 2.15. The minimum absolute atomic E-state index is 0.0953. The van der Waals surface area contributed by atoms with Crippen LogP contribution in [0, 0.1) is 6.92 Å². The number of hydrogen-bond acceptors (Lipinski definition) is 3. The van der Waals surface area contributed by atoms with Crippen molar-refractivity contribution in [3.8, 4) is 5.75 Å². The van der Waals surface area contributed by atoms with E-state index in [4.69, 9.17) is 4.74 Å². The van der Waals surface area contributed by atoms with Crippen LogP contribution >= 0.6 is 0 Å². The number of para-hydroxylation sites is 1. The molecule has 0 aromatic heterocycles. The average Bonchev–Trinajstić information content (AvgIpc) is 2.47. The molecule has 2 aromatic carbocycles. The number of anilines is 1. The Hall–Kier alpha value is -2.62. The first-order valence-electron chi connectivity index (χ1n) is 6.59. The third-order valence-corrected chi connectivity index (χ3v) is 3.15. The average molecular weight is 283 g/mol. The van der Waals surface area contributed by atoms with Crippen molar-refractivity contribution in [2.75, 3.05) is 12.4 Å². The molecule has 0 saturated heterocycles. The van der Waals surface area contributed by atoms with Crippen LogP contribution in [0.25, 0.3) is 0 Å². The molecule has 0 saturated carbocycles. The van der Waals surface area contributed by atoms with Gasteiger partial charge in [-0.25, -0.2) is 0 Å². The van der Waals surface area contributed by atoms with Gasteiger partial charge in [0.15, 0.2) is 5.78 Å². The molecule has 0 aliphatic heterocycles. The molecule has 1 N–H and O–H groups in total. The Morgan fingerprint density at radius 3 is 2.43 bits per heavy atom. The van der Waals surface area contributed by atoms with Crippen LogP contribution in [0.2, 0.25) is 0 Å². The molecule has 0 unspecified atom stereocenters. The summed E-state index contributed by atoms with van der Waals surface area (Å²) in [5.74, 6) is 0.102. The first-order valence-corrected chi connectivity index (χ1v) is 6.59. The van der Waals surface area contributed by atoms with Crippen LogP contribution in [0.5, 0.6) is 5.75 Å². The lowest BCUT2D eigenvalue weighted by atomic mass is 10.1. The molecule has 0 fully saturated rings. The van der Waals surface area contributed by atoms with Crippen LogP contribution in [-0.4, -0.2) is 18.8 Å². The Bertz CT molecular complexity index is 692. The minimum atomic E-state index is -0.302. The molecule has 0 aliphatic rings.